The molecule has 7 heteroatoms. The first-order valence-electron chi connectivity index (χ1n) is 5.07. The largest absolute Gasteiger partial charge is 0.490 e. The van der Waals surface area contributed by atoms with Crippen molar-refractivity contribution < 1.29 is 9.66 Å². The fraction of sp³-hybridized carbons (Fsp3) is 0.182. The van der Waals surface area contributed by atoms with Crippen LogP contribution in [-0.4, -0.2) is 16.6 Å². The third-order valence-corrected chi connectivity index (χ3v) is 3.13. The number of rotatable bonds is 4. The maximum atomic E-state index is 11.4. The van der Waals surface area contributed by atoms with Crippen LogP contribution in [0.15, 0.2) is 34.6 Å². The molecule has 1 aromatic carbocycles. The number of nitrogens with zero attached hydrogens (tertiary/aromatic N) is 2. The van der Waals surface area contributed by atoms with E-state index in [4.69, 9.17) is 4.74 Å². The highest BCUT2D eigenvalue weighted by molar-refractivity contribution is 7.07. The van der Waals surface area contributed by atoms with Crippen molar-refractivity contribution in [2.75, 3.05) is 7.11 Å². The summed E-state index contributed by atoms with van der Waals surface area (Å²) in [5.74, 6) is 0.210. The van der Waals surface area contributed by atoms with Gasteiger partial charge in [-0.05, 0) is 11.6 Å². The summed E-state index contributed by atoms with van der Waals surface area (Å²) >= 11 is 1.09. The molecule has 1 aromatic heterocycles. The smallest absolute Gasteiger partial charge is 0.311 e. The van der Waals surface area contributed by atoms with Crippen LogP contribution in [0.25, 0.3) is 0 Å². The number of methoxy groups -OCH3 is 1. The monoisotopic (exact) mass is 266 g/mol. The van der Waals surface area contributed by atoms with E-state index in [9.17, 15) is 14.9 Å². The van der Waals surface area contributed by atoms with Crippen molar-refractivity contribution in [2.24, 2.45) is 0 Å². The summed E-state index contributed by atoms with van der Waals surface area (Å²) in [6, 6.07) is 4.66. The second-order valence-corrected chi connectivity index (χ2v) is 4.42. The number of ether oxygens (including phenoxy) is 1. The fourth-order valence-electron chi connectivity index (χ4n) is 1.58. The Labute approximate surface area is 106 Å². The highest BCUT2D eigenvalue weighted by Gasteiger charge is 2.15. The Morgan fingerprint density at radius 1 is 1.50 bits per heavy atom. The zero-order valence-corrected chi connectivity index (χ0v) is 10.3. The van der Waals surface area contributed by atoms with Crippen LogP contribution >= 0.6 is 11.3 Å². The highest BCUT2D eigenvalue weighted by Crippen LogP contribution is 2.27. The Bertz CT molecular complexity index is 632. The Balaban J connectivity index is 2.36. The minimum Gasteiger partial charge on any atom is -0.490 e. The molecule has 6 nitrogen and oxygen atoms in total. The number of nitro benzene ring substituents is 1. The molecule has 0 saturated carbocycles. The minimum atomic E-state index is -0.501. The van der Waals surface area contributed by atoms with E-state index in [1.807, 2.05) is 0 Å². The van der Waals surface area contributed by atoms with E-state index < -0.39 is 4.92 Å². The molecule has 0 fully saturated rings. The quantitative estimate of drug-likeness (QED) is 0.625. The maximum Gasteiger partial charge on any atom is 0.311 e. The number of hydrogen-bond donors (Lipinski definition) is 0. The van der Waals surface area contributed by atoms with E-state index in [-0.39, 0.29) is 16.3 Å². The van der Waals surface area contributed by atoms with Gasteiger partial charge < -0.3 is 9.30 Å². The number of benzene rings is 1. The SMILES string of the molecule is COc1ccc(Cn2ccsc2=O)cc1[N+](=O)[O-]. The molecule has 0 spiro atoms. The lowest BCUT2D eigenvalue weighted by Gasteiger charge is -2.05. The van der Waals surface area contributed by atoms with E-state index in [2.05, 4.69) is 0 Å². The Morgan fingerprint density at radius 3 is 2.83 bits per heavy atom. The zero-order chi connectivity index (χ0) is 13.1. The van der Waals surface area contributed by atoms with Crippen molar-refractivity contribution in [2.45, 2.75) is 6.54 Å². The predicted molar refractivity (Wildman–Crippen MR) is 67.3 cm³/mol. The predicted octanol–water partition coefficient (Wildman–Crippen LogP) is 1.87. The van der Waals surface area contributed by atoms with Gasteiger partial charge >= 0.3 is 10.6 Å². The normalized spacial score (nSPS) is 10.3. The van der Waals surface area contributed by atoms with E-state index in [1.165, 1.54) is 23.8 Å². The number of aromatic nitrogens is 1. The number of thiazole rings is 1. The second-order valence-electron chi connectivity index (χ2n) is 3.56. The molecule has 0 aliphatic carbocycles. The van der Waals surface area contributed by atoms with Gasteiger partial charge in [0.05, 0.1) is 18.6 Å². The molecule has 0 aliphatic heterocycles. The average molecular weight is 266 g/mol. The molecule has 94 valence electrons. The van der Waals surface area contributed by atoms with Crippen molar-refractivity contribution in [3.05, 3.63) is 55.1 Å². The van der Waals surface area contributed by atoms with Crippen LogP contribution < -0.4 is 9.61 Å². The standard InChI is InChI=1S/C11H10N2O4S/c1-17-10-3-2-8(6-9(10)13(15)16)7-12-4-5-18-11(12)14/h2-6H,7H2,1H3. The molecule has 0 radical (unpaired) electrons. The Kier molecular flexibility index (Phi) is 3.42. The first kappa shape index (κ1) is 12.3. The molecular formula is C11H10N2O4S. The third kappa shape index (κ3) is 2.40. The second kappa shape index (κ2) is 5.01. The topological polar surface area (TPSA) is 74.4 Å². The Hall–Kier alpha value is -2.15. The molecule has 2 aromatic rings. The molecule has 0 unspecified atom stereocenters. The van der Waals surface area contributed by atoms with Crippen molar-refractivity contribution in [3.63, 3.8) is 0 Å². The molecule has 0 bridgehead atoms. The molecular weight excluding hydrogens is 256 g/mol. The fourth-order valence-corrected chi connectivity index (χ4v) is 2.17. The van der Waals surface area contributed by atoms with Gasteiger partial charge in [0, 0.05) is 17.6 Å². The van der Waals surface area contributed by atoms with E-state index in [0.717, 1.165) is 11.3 Å². The lowest BCUT2D eigenvalue weighted by molar-refractivity contribution is -0.385. The van der Waals surface area contributed by atoms with Crippen LogP contribution in [0.2, 0.25) is 0 Å². The van der Waals surface area contributed by atoms with Gasteiger partial charge in [0.2, 0.25) is 0 Å². The lowest BCUT2D eigenvalue weighted by Crippen LogP contribution is -2.12. The van der Waals surface area contributed by atoms with Crippen LogP contribution in [-0.2, 0) is 6.54 Å². The van der Waals surface area contributed by atoms with Gasteiger partial charge in [0.1, 0.15) is 0 Å². The first-order chi connectivity index (χ1) is 8.61. The van der Waals surface area contributed by atoms with Gasteiger partial charge in [-0.3, -0.25) is 14.9 Å². The van der Waals surface area contributed by atoms with Crippen LogP contribution in [0, 0.1) is 10.1 Å². The molecule has 0 aliphatic rings. The van der Waals surface area contributed by atoms with E-state index >= 15 is 0 Å². The number of nitro groups is 1. The van der Waals surface area contributed by atoms with E-state index in [0.29, 0.717) is 12.1 Å². The summed E-state index contributed by atoms with van der Waals surface area (Å²) < 4.78 is 6.41. The van der Waals surface area contributed by atoms with Crippen molar-refractivity contribution >= 4 is 17.0 Å². The van der Waals surface area contributed by atoms with Crippen LogP contribution in [0.4, 0.5) is 5.69 Å². The molecule has 2 rings (SSSR count). The van der Waals surface area contributed by atoms with Gasteiger partial charge in [-0.15, -0.1) is 0 Å². The average Bonchev–Trinajstić information content (AvgIpc) is 2.75. The zero-order valence-electron chi connectivity index (χ0n) is 9.53. The summed E-state index contributed by atoms with van der Waals surface area (Å²) in [4.78, 5) is 21.7. The van der Waals surface area contributed by atoms with Crippen molar-refractivity contribution in [1.29, 1.82) is 0 Å². The summed E-state index contributed by atoms with van der Waals surface area (Å²) in [5, 5.41) is 12.5. The summed E-state index contributed by atoms with van der Waals surface area (Å²) in [6.45, 7) is 0.313. The summed E-state index contributed by atoms with van der Waals surface area (Å²) in [5.41, 5.74) is 0.585. The van der Waals surface area contributed by atoms with Gasteiger partial charge in [0.25, 0.3) is 0 Å². The molecule has 18 heavy (non-hydrogen) atoms. The minimum absolute atomic E-state index is 0.0894. The van der Waals surface area contributed by atoms with Crippen LogP contribution in [0.1, 0.15) is 5.56 Å². The van der Waals surface area contributed by atoms with Gasteiger partial charge in [0.15, 0.2) is 5.75 Å². The van der Waals surface area contributed by atoms with Crippen LogP contribution in [0.3, 0.4) is 0 Å². The summed E-state index contributed by atoms with van der Waals surface area (Å²) in [7, 11) is 1.38. The number of hydrogen-bond acceptors (Lipinski definition) is 5. The van der Waals surface area contributed by atoms with E-state index in [1.54, 1.807) is 17.6 Å². The first-order valence-corrected chi connectivity index (χ1v) is 5.95. The van der Waals surface area contributed by atoms with Crippen molar-refractivity contribution in [3.8, 4) is 5.75 Å². The van der Waals surface area contributed by atoms with Gasteiger partial charge in [-0.25, -0.2) is 0 Å². The Morgan fingerprint density at radius 2 is 2.28 bits per heavy atom. The highest BCUT2D eigenvalue weighted by atomic mass is 32.1. The molecule has 0 N–H and O–H groups in total. The van der Waals surface area contributed by atoms with Crippen molar-refractivity contribution in [1.82, 2.24) is 4.57 Å². The molecule has 0 atom stereocenters. The van der Waals surface area contributed by atoms with Crippen LogP contribution in [0.5, 0.6) is 5.75 Å². The third-order valence-electron chi connectivity index (χ3n) is 2.44. The molecule has 0 amide bonds. The maximum absolute atomic E-state index is 11.4. The summed E-state index contributed by atoms with van der Waals surface area (Å²) in [6.07, 6.45) is 1.66. The molecule has 0 saturated heterocycles. The van der Waals surface area contributed by atoms with Gasteiger partial charge in [-0.2, -0.15) is 0 Å². The lowest BCUT2D eigenvalue weighted by atomic mass is 10.2. The molecule has 1 heterocycles. The van der Waals surface area contributed by atoms with Gasteiger partial charge in [-0.1, -0.05) is 17.4 Å².